The summed E-state index contributed by atoms with van der Waals surface area (Å²) in [4.78, 5) is 11.5. The Kier molecular flexibility index (Phi) is 17.4. The monoisotopic (exact) mass is 360 g/mol. The van der Waals surface area contributed by atoms with Gasteiger partial charge in [-0.1, -0.05) is 109 Å². The largest absolute Gasteiger partial charge is 0.446 e. The summed E-state index contributed by atoms with van der Waals surface area (Å²) in [5.41, 5.74) is -0.441. The van der Waals surface area contributed by atoms with Crippen molar-refractivity contribution in [2.24, 2.45) is 5.92 Å². The van der Waals surface area contributed by atoms with Gasteiger partial charge in [0.15, 0.2) is 5.56 Å². The highest BCUT2D eigenvalue weighted by molar-refractivity contribution is 6.20. The average Bonchev–Trinajstić information content (AvgIpc) is 2.51. The summed E-state index contributed by atoms with van der Waals surface area (Å²) in [7, 11) is 0. The van der Waals surface area contributed by atoms with Gasteiger partial charge in [-0.3, -0.25) is 4.79 Å². The third-order valence-electron chi connectivity index (χ3n) is 4.37. The maximum atomic E-state index is 11.5. The van der Waals surface area contributed by atoms with E-state index in [0.717, 1.165) is 12.8 Å². The zero-order valence-electron chi connectivity index (χ0n) is 16.5. The molecule has 0 spiro atoms. The highest BCUT2D eigenvalue weighted by Crippen LogP contribution is 2.16. The summed E-state index contributed by atoms with van der Waals surface area (Å²) in [5, 5.41) is 0. The van der Waals surface area contributed by atoms with E-state index in [4.69, 9.17) is 16.3 Å². The molecule has 0 fully saturated rings. The molecule has 0 aliphatic heterocycles. The standard InChI is InChI=1S/C21H41ClO2/c1-4-5-6-7-8-9-10-11-12-13-14-15-16-17-20(22)24-21(23)18-19(2)3/h19-20H,4-18H2,1-3H3. The molecule has 144 valence electrons. The van der Waals surface area contributed by atoms with E-state index in [1.807, 2.05) is 13.8 Å². The van der Waals surface area contributed by atoms with Crippen molar-refractivity contribution >= 4 is 17.6 Å². The zero-order chi connectivity index (χ0) is 18.0. The van der Waals surface area contributed by atoms with Crippen LogP contribution in [-0.2, 0) is 9.53 Å². The van der Waals surface area contributed by atoms with Crippen LogP contribution >= 0.6 is 11.6 Å². The van der Waals surface area contributed by atoms with Gasteiger partial charge in [0.25, 0.3) is 0 Å². The molecule has 0 heterocycles. The van der Waals surface area contributed by atoms with Crippen molar-refractivity contribution < 1.29 is 9.53 Å². The van der Waals surface area contributed by atoms with E-state index in [1.165, 1.54) is 77.0 Å². The van der Waals surface area contributed by atoms with Gasteiger partial charge >= 0.3 is 5.97 Å². The second-order valence-corrected chi connectivity index (χ2v) is 8.02. The van der Waals surface area contributed by atoms with Gasteiger partial charge in [-0.05, 0) is 18.8 Å². The van der Waals surface area contributed by atoms with Crippen LogP contribution in [0.15, 0.2) is 0 Å². The fraction of sp³-hybridized carbons (Fsp3) is 0.952. The molecule has 1 unspecified atom stereocenters. The second-order valence-electron chi connectivity index (χ2n) is 7.53. The first-order chi connectivity index (χ1) is 11.6. The molecule has 0 aromatic carbocycles. The summed E-state index contributed by atoms with van der Waals surface area (Å²) in [5.74, 6) is 0.164. The molecule has 1 atom stereocenters. The molecule has 0 aliphatic carbocycles. The second kappa shape index (κ2) is 17.6. The Morgan fingerprint density at radius 1 is 0.792 bits per heavy atom. The molecule has 0 aromatic rings. The normalized spacial score (nSPS) is 12.5. The Morgan fingerprint density at radius 3 is 1.62 bits per heavy atom. The van der Waals surface area contributed by atoms with Gasteiger partial charge in [0.2, 0.25) is 0 Å². The lowest BCUT2D eigenvalue weighted by atomic mass is 10.0. The van der Waals surface area contributed by atoms with Gasteiger partial charge < -0.3 is 4.74 Å². The molecular formula is C21H41ClO2. The van der Waals surface area contributed by atoms with E-state index in [1.54, 1.807) is 0 Å². The van der Waals surface area contributed by atoms with Gasteiger partial charge in [-0.15, -0.1) is 0 Å². The molecule has 0 saturated carbocycles. The number of hydrogen-bond donors (Lipinski definition) is 0. The summed E-state index contributed by atoms with van der Waals surface area (Å²) < 4.78 is 5.19. The summed E-state index contributed by atoms with van der Waals surface area (Å²) in [6.45, 7) is 6.29. The first kappa shape index (κ1) is 23.8. The lowest BCUT2D eigenvalue weighted by Crippen LogP contribution is -2.14. The van der Waals surface area contributed by atoms with Crippen LogP contribution in [0.3, 0.4) is 0 Å². The zero-order valence-corrected chi connectivity index (χ0v) is 17.2. The van der Waals surface area contributed by atoms with Crippen LogP contribution < -0.4 is 0 Å². The average molecular weight is 361 g/mol. The van der Waals surface area contributed by atoms with Gasteiger partial charge in [0, 0.05) is 6.42 Å². The predicted octanol–water partition coefficient (Wildman–Crippen LogP) is 7.62. The molecule has 24 heavy (non-hydrogen) atoms. The van der Waals surface area contributed by atoms with Crippen LogP contribution in [0.5, 0.6) is 0 Å². The fourth-order valence-corrected chi connectivity index (χ4v) is 3.16. The fourth-order valence-electron chi connectivity index (χ4n) is 2.91. The predicted molar refractivity (Wildman–Crippen MR) is 106 cm³/mol. The summed E-state index contributed by atoms with van der Waals surface area (Å²) in [6, 6.07) is 0. The highest BCUT2D eigenvalue weighted by Gasteiger charge is 2.12. The van der Waals surface area contributed by atoms with Crippen LogP contribution in [0.2, 0.25) is 0 Å². The van der Waals surface area contributed by atoms with E-state index in [-0.39, 0.29) is 5.97 Å². The van der Waals surface area contributed by atoms with Gasteiger partial charge in [-0.25, -0.2) is 0 Å². The Morgan fingerprint density at radius 2 is 1.21 bits per heavy atom. The van der Waals surface area contributed by atoms with Crippen LogP contribution in [0, 0.1) is 5.92 Å². The third-order valence-corrected chi connectivity index (χ3v) is 4.68. The minimum atomic E-state index is -0.441. The van der Waals surface area contributed by atoms with Crippen molar-refractivity contribution in [3.63, 3.8) is 0 Å². The number of carbonyl (C=O) groups excluding carboxylic acids is 1. The molecule has 2 nitrogen and oxygen atoms in total. The molecule has 0 rings (SSSR count). The molecule has 0 bridgehead atoms. The Balaban J connectivity index is 3.23. The minimum Gasteiger partial charge on any atom is -0.446 e. The van der Waals surface area contributed by atoms with E-state index in [9.17, 15) is 4.79 Å². The quantitative estimate of drug-likeness (QED) is 0.151. The van der Waals surface area contributed by atoms with Gasteiger partial charge in [0.1, 0.15) is 0 Å². The SMILES string of the molecule is CCCCCCCCCCCCCCCC(Cl)OC(=O)CC(C)C. The summed E-state index contributed by atoms with van der Waals surface area (Å²) in [6.07, 6.45) is 18.7. The van der Waals surface area contributed by atoms with Crippen LogP contribution in [0.1, 0.15) is 117 Å². The number of esters is 1. The number of halogens is 1. The third kappa shape index (κ3) is 18.1. The van der Waals surface area contributed by atoms with Gasteiger partial charge in [-0.2, -0.15) is 0 Å². The molecule has 0 aromatic heterocycles. The first-order valence-electron chi connectivity index (χ1n) is 10.4. The Labute approximate surface area is 156 Å². The highest BCUT2D eigenvalue weighted by atomic mass is 35.5. The van der Waals surface area contributed by atoms with Crippen LogP contribution in [-0.4, -0.2) is 11.5 Å². The molecule has 0 aliphatic rings. The van der Waals surface area contributed by atoms with Crippen molar-refractivity contribution in [1.29, 1.82) is 0 Å². The summed E-state index contributed by atoms with van der Waals surface area (Å²) >= 11 is 6.06. The minimum absolute atomic E-state index is 0.167. The lowest BCUT2D eigenvalue weighted by molar-refractivity contribution is -0.146. The number of unbranched alkanes of at least 4 members (excludes halogenated alkanes) is 12. The van der Waals surface area contributed by atoms with Crippen molar-refractivity contribution in [3.05, 3.63) is 0 Å². The molecular weight excluding hydrogens is 320 g/mol. The van der Waals surface area contributed by atoms with Crippen molar-refractivity contribution in [1.82, 2.24) is 0 Å². The number of rotatable bonds is 17. The number of ether oxygens (including phenoxy) is 1. The number of carbonyl (C=O) groups is 1. The van der Waals surface area contributed by atoms with Crippen LogP contribution in [0.4, 0.5) is 0 Å². The number of hydrogen-bond acceptors (Lipinski definition) is 2. The Hall–Kier alpha value is -0.240. The van der Waals surface area contributed by atoms with Crippen molar-refractivity contribution in [3.8, 4) is 0 Å². The van der Waals surface area contributed by atoms with E-state index in [2.05, 4.69) is 6.92 Å². The molecule has 0 radical (unpaired) electrons. The molecule has 0 amide bonds. The van der Waals surface area contributed by atoms with Crippen LogP contribution in [0.25, 0.3) is 0 Å². The molecule has 3 heteroatoms. The number of alkyl halides is 1. The van der Waals surface area contributed by atoms with E-state index >= 15 is 0 Å². The van der Waals surface area contributed by atoms with Crippen molar-refractivity contribution in [2.75, 3.05) is 0 Å². The molecule has 0 saturated heterocycles. The maximum Gasteiger partial charge on any atom is 0.307 e. The smallest absolute Gasteiger partial charge is 0.307 e. The first-order valence-corrected chi connectivity index (χ1v) is 10.8. The Bertz CT molecular complexity index is 279. The molecule has 0 N–H and O–H groups in total. The topological polar surface area (TPSA) is 26.3 Å². The van der Waals surface area contributed by atoms with Crippen molar-refractivity contribution in [2.45, 2.75) is 123 Å². The maximum absolute atomic E-state index is 11.5. The van der Waals surface area contributed by atoms with E-state index < -0.39 is 5.56 Å². The lowest BCUT2D eigenvalue weighted by Gasteiger charge is -2.12. The van der Waals surface area contributed by atoms with E-state index in [0.29, 0.717) is 12.3 Å². The van der Waals surface area contributed by atoms with Gasteiger partial charge in [0.05, 0.1) is 0 Å².